The topological polar surface area (TPSA) is 46.6 Å². The third-order valence-corrected chi connectivity index (χ3v) is 2.74. The number of carbonyl (C=O) groups excluding carboxylic acids is 2. The molecule has 1 heterocycles. The van der Waals surface area contributed by atoms with Gasteiger partial charge in [0.05, 0.1) is 0 Å². The van der Waals surface area contributed by atoms with Crippen molar-refractivity contribution in [3.05, 3.63) is 0 Å². The van der Waals surface area contributed by atoms with E-state index in [-0.39, 0.29) is 11.7 Å². The van der Waals surface area contributed by atoms with Crippen molar-refractivity contribution < 1.29 is 14.3 Å². The van der Waals surface area contributed by atoms with Crippen molar-refractivity contribution in [3.63, 3.8) is 0 Å². The lowest BCUT2D eigenvalue weighted by Gasteiger charge is -2.28. The Labute approximate surface area is 102 Å². The number of Topliss-reactive ketones (excluding diaryl/α,β-unsaturated/α-hetero) is 1. The van der Waals surface area contributed by atoms with Crippen LogP contribution in [0.5, 0.6) is 0 Å². The van der Waals surface area contributed by atoms with E-state index >= 15 is 0 Å². The second-order valence-electron chi connectivity index (χ2n) is 5.39. The largest absolute Gasteiger partial charge is 0.444 e. The number of likely N-dealkylation sites (tertiary alicyclic amines) is 1. The van der Waals surface area contributed by atoms with Crippen molar-refractivity contribution in [1.29, 1.82) is 0 Å². The zero-order chi connectivity index (χ0) is 13.2. The van der Waals surface area contributed by atoms with E-state index in [0.717, 1.165) is 6.42 Å². The van der Waals surface area contributed by atoms with E-state index in [1.165, 1.54) is 4.90 Å². The Morgan fingerprint density at radius 3 is 2.47 bits per heavy atom. The number of nitrogens with zero attached hydrogens (tertiary/aromatic N) is 1. The Kier molecular flexibility index (Phi) is 3.82. The lowest BCUT2D eigenvalue weighted by molar-refractivity contribution is -0.118. The Morgan fingerprint density at radius 1 is 1.41 bits per heavy atom. The summed E-state index contributed by atoms with van der Waals surface area (Å²) in [7, 11) is 0. The summed E-state index contributed by atoms with van der Waals surface area (Å²) >= 11 is 0. The molecule has 0 spiro atoms. The fraction of sp³-hybridized carbons (Fsp3) is 0.692. The molecule has 0 N–H and O–H groups in total. The molecule has 1 amide bonds. The highest BCUT2D eigenvalue weighted by Gasteiger charge is 2.40. The average molecular weight is 237 g/mol. The third-order valence-electron chi connectivity index (χ3n) is 2.74. The van der Waals surface area contributed by atoms with Crippen LogP contribution in [0.3, 0.4) is 0 Å². The molecule has 0 aromatic carbocycles. The van der Waals surface area contributed by atoms with Gasteiger partial charge in [0.25, 0.3) is 0 Å². The molecule has 0 radical (unpaired) electrons. The standard InChI is InChI=1S/C13H19NO3/c1-6-10(15)11-9(2)7-8-14(11)12(16)17-13(3,4)5/h1,9,11H,7-8H2,2-5H3. The second kappa shape index (κ2) is 4.79. The van der Waals surface area contributed by atoms with Gasteiger partial charge in [0.15, 0.2) is 0 Å². The Morgan fingerprint density at radius 2 is 2.00 bits per heavy atom. The molecule has 2 unspecified atom stereocenters. The minimum absolute atomic E-state index is 0.0890. The first-order chi connectivity index (χ1) is 7.76. The van der Waals surface area contributed by atoms with Gasteiger partial charge in [0, 0.05) is 6.54 Å². The quantitative estimate of drug-likeness (QED) is 0.516. The molecule has 0 aromatic heterocycles. The molecule has 0 bridgehead atoms. The maximum Gasteiger partial charge on any atom is 0.410 e. The molecule has 2 atom stereocenters. The highest BCUT2D eigenvalue weighted by atomic mass is 16.6. The zero-order valence-corrected chi connectivity index (χ0v) is 10.8. The lowest BCUT2D eigenvalue weighted by atomic mass is 9.99. The Bertz CT molecular complexity index is 362. The summed E-state index contributed by atoms with van der Waals surface area (Å²) < 4.78 is 5.26. The van der Waals surface area contributed by atoms with E-state index in [9.17, 15) is 9.59 Å². The predicted molar refractivity (Wildman–Crippen MR) is 64.3 cm³/mol. The van der Waals surface area contributed by atoms with Crippen molar-refractivity contribution in [1.82, 2.24) is 4.90 Å². The lowest BCUT2D eigenvalue weighted by Crippen LogP contribution is -2.44. The van der Waals surface area contributed by atoms with E-state index < -0.39 is 17.7 Å². The third kappa shape index (κ3) is 3.23. The molecule has 1 saturated heterocycles. The van der Waals surface area contributed by atoms with Gasteiger partial charge in [-0.3, -0.25) is 9.69 Å². The van der Waals surface area contributed by atoms with E-state index in [4.69, 9.17) is 11.2 Å². The SMILES string of the molecule is C#CC(=O)C1C(C)CCN1C(=O)OC(C)(C)C. The molecule has 17 heavy (non-hydrogen) atoms. The molecule has 0 saturated carbocycles. The van der Waals surface area contributed by atoms with Gasteiger partial charge >= 0.3 is 6.09 Å². The van der Waals surface area contributed by atoms with Crippen LogP contribution >= 0.6 is 0 Å². The van der Waals surface area contributed by atoms with Gasteiger partial charge in [-0.15, -0.1) is 6.42 Å². The van der Waals surface area contributed by atoms with Crippen LogP contribution in [0.4, 0.5) is 4.79 Å². The minimum atomic E-state index is -0.563. The minimum Gasteiger partial charge on any atom is -0.444 e. The van der Waals surface area contributed by atoms with E-state index in [1.54, 1.807) is 20.8 Å². The van der Waals surface area contributed by atoms with Crippen LogP contribution in [0.25, 0.3) is 0 Å². The first kappa shape index (κ1) is 13.6. The van der Waals surface area contributed by atoms with Gasteiger partial charge in [-0.25, -0.2) is 4.79 Å². The van der Waals surface area contributed by atoms with Gasteiger partial charge < -0.3 is 4.74 Å². The summed E-state index contributed by atoms with van der Waals surface area (Å²) in [6.45, 7) is 7.83. The monoisotopic (exact) mass is 237 g/mol. The van der Waals surface area contributed by atoms with E-state index in [1.807, 2.05) is 6.92 Å². The molecule has 4 nitrogen and oxygen atoms in total. The van der Waals surface area contributed by atoms with Crippen LogP contribution in [-0.2, 0) is 9.53 Å². The molecular formula is C13H19NO3. The molecule has 1 aliphatic rings. The van der Waals surface area contributed by atoms with Crippen molar-refractivity contribution in [2.45, 2.75) is 45.8 Å². The maximum absolute atomic E-state index is 11.9. The number of carbonyl (C=O) groups is 2. The van der Waals surface area contributed by atoms with Crippen LogP contribution in [0.1, 0.15) is 34.1 Å². The van der Waals surface area contributed by atoms with Crippen molar-refractivity contribution in [2.24, 2.45) is 5.92 Å². The Balaban J connectivity index is 2.80. The number of amides is 1. The summed E-state index contributed by atoms with van der Waals surface area (Å²) in [5.41, 5.74) is -0.563. The maximum atomic E-state index is 11.9. The molecule has 4 heteroatoms. The zero-order valence-electron chi connectivity index (χ0n) is 10.8. The van der Waals surface area contributed by atoms with Gasteiger partial charge in [0.1, 0.15) is 11.6 Å². The van der Waals surface area contributed by atoms with Gasteiger partial charge in [-0.05, 0) is 39.0 Å². The fourth-order valence-electron chi connectivity index (χ4n) is 1.96. The van der Waals surface area contributed by atoms with Gasteiger partial charge in [-0.2, -0.15) is 0 Å². The van der Waals surface area contributed by atoms with Crippen molar-refractivity contribution in [3.8, 4) is 12.3 Å². The Hall–Kier alpha value is -1.50. The summed E-state index contributed by atoms with van der Waals surface area (Å²) in [6.07, 6.45) is 5.44. The summed E-state index contributed by atoms with van der Waals surface area (Å²) in [6, 6.07) is -0.533. The van der Waals surface area contributed by atoms with Crippen molar-refractivity contribution >= 4 is 11.9 Å². The average Bonchev–Trinajstić information content (AvgIpc) is 2.56. The first-order valence-corrected chi connectivity index (χ1v) is 5.76. The number of ketones is 1. The van der Waals surface area contributed by atoms with Crippen molar-refractivity contribution in [2.75, 3.05) is 6.54 Å². The molecule has 1 fully saturated rings. The molecule has 1 rings (SSSR count). The molecular weight excluding hydrogens is 218 g/mol. The highest BCUT2D eigenvalue weighted by molar-refractivity contribution is 6.01. The molecule has 1 aliphatic heterocycles. The number of hydrogen-bond acceptors (Lipinski definition) is 3. The number of terminal acetylenes is 1. The van der Waals surface area contributed by atoms with Gasteiger partial charge in [0.2, 0.25) is 5.78 Å². The predicted octanol–water partition coefficient (Wildman–Crippen LogP) is 1.83. The normalized spacial score (nSPS) is 24.3. The van der Waals surface area contributed by atoms with Crippen LogP contribution in [0.15, 0.2) is 0 Å². The van der Waals surface area contributed by atoms with Gasteiger partial charge in [-0.1, -0.05) is 6.92 Å². The highest BCUT2D eigenvalue weighted by Crippen LogP contribution is 2.26. The van der Waals surface area contributed by atoms with E-state index in [0.29, 0.717) is 6.54 Å². The number of hydrogen-bond donors (Lipinski definition) is 0. The first-order valence-electron chi connectivity index (χ1n) is 5.76. The van der Waals surface area contributed by atoms with E-state index in [2.05, 4.69) is 5.92 Å². The number of ether oxygens (including phenoxy) is 1. The second-order valence-corrected chi connectivity index (χ2v) is 5.39. The molecule has 0 aliphatic carbocycles. The van der Waals surface area contributed by atoms with Crippen LogP contribution in [0, 0.1) is 18.3 Å². The summed E-state index contributed by atoms with van der Waals surface area (Å²) in [4.78, 5) is 25.0. The van der Waals surface area contributed by atoms with Crippen LogP contribution in [-0.4, -0.2) is 35.0 Å². The fourth-order valence-corrected chi connectivity index (χ4v) is 1.96. The summed E-state index contributed by atoms with van der Waals surface area (Å²) in [5.74, 6) is 1.84. The summed E-state index contributed by atoms with van der Waals surface area (Å²) in [5, 5.41) is 0. The smallest absolute Gasteiger partial charge is 0.410 e. The van der Waals surface area contributed by atoms with Crippen LogP contribution < -0.4 is 0 Å². The molecule has 0 aromatic rings. The number of rotatable bonds is 1. The molecule has 94 valence electrons. The van der Waals surface area contributed by atoms with Crippen LogP contribution in [0.2, 0.25) is 0 Å².